The molecular weight excluding hydrogens is 178 g/mol. The lowest BCUT2D eigenvalue weighted by molar-refractivity contribution is 0.197. The van der Waals surface area contributed by atoms with Crippen LogP contribution in [0, 0.1) is 0 Å². The maximum absolute atomic E-state index is 8.83. The summed E-state index contributed by atoms with van der Waals surface area (Å²) in [5, 5.41) is 8.83. The van der Waals surface area contributed by atoms with Gasteiger partial charge in [0.05, 0.1) is 6.61 Å². The third kappa shape index (κ3) is 2.97. The van der Waals surface area contributed by atoms with Crippen LogP contribution in [0.4, 0.5) is 5.82 Å². The fourth-order valence-electron chi connectivity index (χ4n) is 1.32. The van der Waals surface area contributed by atoms with Gasteiger partial charge in [-0.3, -0.25) is 4.90 Å². The molecule has 0 atom stereocenters. The second-order valence-corrected chi connectivity index (χ2v) is 3.14. The van der Waals surface area contributed by atoms with E-state index in [0.717, 1.165) is 18.7 Å². The smallest absolute Gasteiger partial charge is 0.127 e. The number of anilines is 1. The van der Waals surface area contributed by atoms with Crippen molar-refractivity contribution in [1.29, 1.82) is 0 Å². The lowest BCUT2D eigenvalue weighted by atomic mass is 10.2. The largest absolute Gasteiger partial charge is 0.395 e. The number of aliphatic hydroxyl groups excluding tert-OH is 1. The van der Waals surface area contributed by atoms with Crippen molar-refractivity contribution < 1.29 is 5.11 Å². The highest BCUT2D eigenvalue weighted by molar-refractivity contribution is 5.38. The van der Waals surface area contributed by atoms with Gasteiger partial charge in [-0.1, -0.05) is 13.0 Å². The first-order valence-electron chi connectivity index (χ1n) is 4.80. The minimum absolute atomic E-state index is 0.175. The molecule has 0 bridgehead atoms. The van der Waals surface area contributed by atoms with Crippen LogP contribution in [0.3, 0.4) is 0 Å². The van der Waals surface area contributed by atoms with E-state index in [1.54, 1.807) is 6.20 Å². The minimum Gasteiger partial charge on any atom is -0.395 e. The van der Waals surface area contributed by atoms with E-state index in [9.17, 15) is 0 Å². The van der Waals surface area contributed by atoms with Gasteiger partial charge in [0.25, 0.3) is 0 Å². The molecule has 4 heteroatoms. The predicted molar refractivity (Wildman–Crippen MR) is 56.7 cm³/mol. The van der Waals surface area contributed by atoms with E-state index >= 15 is 0 Å². The highest BCUT2D eigenvalue weighted by Crippen LogP contribution is 2.09. The van der Waals surface area contributed by atoms with Gasteiger partial charge < -0.3 is 10.8 Å². The van der Waals surface area contributed by atoms with Crippen LogP contribution in [-0.2, 0) is 6.54 Å². The zero-order valence-electron chi connectivity index (χ0n) is 8.48. The highest BCUT2D eigenvalue weighted by Gasteiger charge is 2.05. The molecule has 0 aliphatic heterocycles. The molecule has 0 aliphatic rings. The van der Waals surface area contributed by atoms with Crippen LogP contribution in [-0.4, -0.2) is 34.7 Å². The van der Waals surface area contributed by atoms with E-state index in [0.29, 0.717) is 12.4 Å². The van der Waals surface area contributed by atoms with Crippen molar-refractivity contribution >= 4 is 5.82 Å². The number of nitrogen functional groups attached to an aromatic ring is 1. The van der Waals surface area contributed by atoms with Gasteiger partial charge in [0, 0.05) is 24.8 Å². The molecule has 0 unspecified atom stereocenters. The summed E-state index contributed by atoms with van der Waals surface area (Å²) in [5.41, 5.74) is 6.74. The Bertz CT molecular complexity index is 278. The van der Waals surface area contributed by atoms with Crippen LogP contribution < -0.4 is 5.73 Å². The lowest BCUT2D eigenvalue weighted by Gasteiger charge is -2.19. The molecule has 4 nitrogen and oxygen atoms in total. The molecular formula is C10H17N3O. The molecule has 1 rings (SSSR count). The molecule has 0 spiro atoms. The van der Waals surface area contributed by atoms with E-state index < -0.39 is 0 Å². The number of rotatable bonds is 5. The summed E-state index contributed by atoms with van der Waals surface area (Å²) in [5.74, 6) is 0.573. The zero-order chi connectivity index (χ0) is 10.4. The van der Waals surface area contributed by atoms with Gasteiger partial charge in [0.1, 0.15) is 5.82 Å². The van der Waals surface area contributed by atoms with Gasteiger partial charge >= 0.3 is 0 Å². The minimum atomic E-state index is 0.175. The molecule has 0 fully saturated rings. The quantitative estimate of drug-likeness (QED) is 0.717. The van der Waals surface area contributed by atoms with Crippen LogP contribution in [0.1, 0.15) is 12.5 Å². The van der Waals surface area contributed by atoms with Crippen LogP contribution in [0.25, 0.3) is 0 Å². The molecule has 0 saturated heterocycles. The van der Waals surface area contributed by atoms with Gasteiger partial charge in [-0.15, -0.1) is 0 Å². The number of nitrogens with zero attached hydrogens (tertiary/aromatic N) is 2. The van der Waals surface area contributed by atoms with Crippen molar-refractivity contribution in [3.63, 3.8) is 0 Å². The van der Waals surface area contributed by atoms with Crippen LogP contribution in [0.15, 0.2) is 18.3 Å². The highest BCUT2D eigenvalue weighted by atomic mass is 16.3. The molecule has 1 heterocycles. The lowest BCUT2D eigenvalue weighted by Crippen LogP contribution is -2.26. The first-order valence-corrected chi connectivity index (χ1v) is 4.80. The van der Waals surface area contributed by atoms with Crippen molar-refractivity contribution in [1.82, 2.24) is 9.88 Å². The molecule has 14 heavy (non-hydrogen) atoms. The Morgan fingerprint density at radius 2 is 2.36 bits per heavy atom. The fraction of sp³-hybridized carbons (Fsp3) is 0.500. The number of aromatic nitrogens is 1. The Balaban J connectivity index is 2.62. The van der Waals surface area contributed by atoms with Crippen molar-refractivity contribution in [2.24, 2.45) is 0 Å². The molecule has 3 N–H and O–H groups in total. The van der Waals surface area contributed by atoms with E-state index in [4.69, 9.17) is 10.8 Å². The van der Waals surface area contributed by atoms with Gasteiger partial charge in [0.2, 0.25) is 0 Å². The van der Waals surface area contributed by atoms with Gasteiger partial charge in [0.15, 0.2) is 0 Å². The molecule has 78 valence electrons. The standard InChI is InChI=1S/C10H17N3O/c1-2-13(6-7-14)8-9-4-3-5-12-10(9)11/h3-5,14H,2,6-8H2,1H3,(H2,11,12). The first kappa shape index (κ1) is 10.9. The monoisotopic (exact) mass is 195 g/mol. The first-order chi connectivity index (χ1) is 6.77. The number of likely N-dealkylation sites (N-methyl/N-ethyl adjacent to an activating group) is 1. The van der Waals surface area contributed by atoms with Crippen molar-refractivity contribution in [3.8, 4) is 0 Å². The number of nitrogens with two attached hydrogens (primary N) is 1. The van der Waals surface area contributed by atoms with E-state index in [1.165, 1.54) is 0 Å². The summed E-state index contributed by atoms with van der Waals surface area (Å²) in [6.45, 7) is 4.55. The van der Waals surface area contributed by atoms with Crippen LogP contribution in [0.5, 0.6) is 0 Å². The van der Waals surface area contributed by atoms with Gasteiger partial charge in [-0.25, -0.2) is 4.98 Å². The summed E-state index contributed by atoms with van der Waals surface area (Å²) < 4.78 is 0. The predicted octanol–water partition coefficient (Wildman–Crippen LogP) is 0.478. The SMILES string of the molecule is CCN(CCO)Cc1cccnc1N. The Kier molecular flexibility index (Phi) is 4.35. The normalized spacial score (nSPS) is 10.8. The Hall–Kier alpha value is -1.13. The summed E-state index contributed by atoms with van der Waals surface area (Å²) in [7, 11) is 0. The summed E-state index contributed by atoms with van der Waals surface area (Å²) in [6, 6.07) is 3.83. The molecule has 0 saturated carbocycles. The van der Waals surface area contributed by atoms with Crippen molar-refractivity contribution in [2.45, 2.75) is 13.5 Å². The number of hydrogen-bond acceptors (Lipinski definition) is 4. The average Bonchev–Trinajstić information content (AvgIpc) is 2.20. The summed E-state index contributed by atoms with van der Waals surface area (Å²) >= 11 is 0. The van der Waals surface area contributed by atoms with Gasteiger partial charge in [-0.05, 0) is 12.6 Å². The Labute approximate surface area is 84.4 Å². The molecule has 0 aromatic carbocycles. The maximum Gasteiger partial charge on any atom is 0.127 e. The van der Waals surface area contributed by atoms with E-state index in [-0.39, 0.29) is 6.61 Å². The van der Waals surface area contributed by atoms with Crippen LogP contribution in [0.2, 0.25) is 0 Å². The number of aliphatic hydroxyl groups is 1. The van der Waals surface area contributed by atoms with Crippen molar-refractivity contribution in [2.75, 3.05) is 25.4 Å². The average molecular weight is 195 g/mol. The van der Waals surface area contributed by atoms with Crippen molar-refractivity contribution in [3.05, 3.63) is 23.9 Å². The Morgan fingerprint density at radius 1 is 1.57 bits per heavy atom. The zero-order valence-corrected chi connectivity index (χ0v) is 8.48. The molecule has 1 aromatic heterocycles. The van der Waals surface area contributed by atoms with Crippen LogP contribution >= 0.6 is 0 Å². The molecule has 0 amide bonds. The topological polar surface area (TPSA) is 62.4 Å². The molecule has 0 aliphatic carbocycles. The third-order valence-corrected chi connectivity index (χ3v) is 2.18. The molecule has 0 radical (unpaired) electrons. The number of hydrogen-bond donors (Lipinski definition) is 2. The second kappa shape index (κ2) is 5.57. The van der Waals surface area contributed by atoms with E-state index in [1.807, 2.05) is 12.1 Å². The number of pyridine rings is 1. The fourth-order valence-corrected chi connectivity index (χ4v) is 1.32. The summed E-state index contributed by atoms with van der Waals surface area (Å²) in [4.78, 5) is 6.13. The maximum atomic E-state index is 8.83. The van der Waals surface area contributed by atoms with E-state index in [2.05, 4.69) is 16.8 Å². The Morgan fingerprint density at radius 3 is 2.93 bits per heavy atom. The second-order valence-electron chi connectivity index (χ2n) is 3.14. The third-order valence-electron chi connectivity index (χ3n) is 2.18. The summed E-state index contributed by atoms with van der Waals surface area (Å²) in [6.07, 6.45) is 1.68. The molecule has 1 aromatic rings. The van der Waals surface area contributed by atoms with Gasteiger partial charge in [-0.2, -0.15) is 0 Å².